The lowest BCUT2D eigenvalue weighted by atomic mass is 10.1. The van der Waals surface area contributed by atoms with Gasteiger partial charge >= 0.3 is 0 Å². The smallest absolute Gasteiger partial charge is 0.228 e. The highest BCUT2D eigenvalue weighted by Gasteiger charge is 2.06. The number of anilines is 1. The third kappa shape index (κ3) is 3.95. The highest BCUT2D eigenvalue weighted by Crippen LogP contribution is 2.26. The number of carbonyl (C=O) groups excluding carboxylic acids is 1. The van der Waals surface area contributed by atoms with Gasteiger partial charge in [-0.2, -0.15) is 0 Å². The van der Waals surface area contributed by atoms with Crippen molar-refractivity contribution in [2.24, 2.45) is 0 Å². The van der Waals surface area contributed by atoms with E-state index in [4.69, 9.17) is 4.74 Å². The summed E-state index contributed by atoms with van der Waals surface area (Å²) in [4.78, 5) is 12.2. The highest BCUT2D eigenvalue weighted by molar-refractivity contribution is 9.10. The Hall–Kier alpha value is -2.33. The number of rotatable bonds is 5. The molecule has 0 saturated carbocycles. The molecule has 3 rings (SSSR count). The van der Waals surface area contributed by atoms with Crippen molar-refractivity contribution < 1.29 is 9.53 Å². The minimum Gasteiger partial charge on any atom is -0.494 e. The van der Waals surface area contributed by atoms with Gasteiger partial charge in [0, 0.05) is 10.2 Å². The van der Waals surface area contributed by atoms with Crippen molar-refractivity contribution in [3.63, 3.8) is 0 Å². The topological polar surface area (TPSA) is 38.3 Å². The Balaban J connectivity index is 1.68. The van der Waals surface area contributed by atoms with Gasteiger partial charge in [-0.3, -0.25) is 4.79 Å². The number of amides is 1. The molecule has 1 amide bonds. The summed E-state index contributed by atoms with van der Waals surface area (Å²) in [5.41, 5.74) is 1.76. The summed E-state index contributed by atoms with van der Waals surface area (Å²) in [7, 11) is 0. The first-order valence-corrected chi connectivity index (χ1v) is 8.65. The number of carbonyl (C=O) groups is 1. The van der Waals surface area contributed by atoms with E-state index in [-0.39, 0.29) is 5.91 Å². The van der Waals surface area contributed by atoms with Gasteiger partial charge in [-0.1, -0.05) is 46.3 Å². The quantitative estimate of drug-likeness (QED) is 0.658. The molecule has 4 heteroatoms. The molecule has 0 bridgehead atoms. The molecular weight excluding hydrogens is 366 g/mol. The normalized spacial score (nSPS) is 10.6. The first-order chi connectivity index (χ1) is 11.7. The molecule has 0 fully saturated rings. The van der Waals surface area contributed by atoms with Gasteiger partial charge in [-0.25, -0.2) is 0 Å². The molecular formula is C20H18BrNO2. The average molecular weight is 384 g/mol. The summed E-state index contributed by atoms with van der Waals surface area (Å²) in [5, 5.41) is 5.17. The SMILES string of the molecule is CCOc1ccc(CC(=O)Nc2ccc3c(Br)cccc3c2)cc1. The summed E-state index contributed by atoms with van der Waals surface area (Å²) in [5.74, 6) is 0.787. The van der Waals surface area contributed by atoms with Gasteiger partial charge in [0.25, 0.3) is 0 Å². The van der Waals surface area contributed by atoms with Crippen LogP contribution in [0.15, 0.2) is 65.1 Å². The lowest BCUT2D eigenvalue weighted by Crippen LogP contribution is -2.14. The van der Waals surface area contributed by atoms with Gasteiger partial charge in [0.2, 0.25) is 5.91 Å². The third-order valence-corrected chi connectivity index (χ3v) is 4.40. The molecule has 0 unspecified atom stereocenters. The molecule has 3 nitrogen and oxygen atoms in total. The second-order valence-electron chi connectivity index (χ2n) is 5.48. The van der Waals surface area contributed by atoms with Gasteiger partial charge in [0.05, 0.1) is 13.0 Å². The highest BCUT2D eigenvalue weighted by atomic mass is 79.9. The second-order valence-corrected chi connectivity index (χ2v) is 6.33. The molecule has 3 aromatic rings. The summed E-state index contributed by atoms with van der Waals surface area (Å²) in [6.07, 6.45) is 0.336. The van der Waals surface area contributed by atoms with E-state index >= 15 is 0 Å². The Morgan fingerprint density at radius 3 is 2.62 bits per heavy atom. The molecule has 24 heavy (non-hydrogen) atoms. The Labute approximate surface area is 149 Å². The number of ether oxygens (including phenoxy) is 1. The van der Waals surface area contributed by atoms with E-state index in [2.05, 4.69) is 21.2 Å². The van der Waals surface area contributed by atoms with Gasteiger partial charge in [0.1, 0.15) is 5.75 Å². The molecule has 0 spiro atoms. The lowest BCUT2D eigenvalue weighted by molar-refractivity contribution is -0.115. The van der Waals surface area contributed by atoms with Gasteiger partial charge in [-0.05, 0) is 53.6 Å². The monoisotopic (exact) mass is 383 g/mol. The minimum atomic E-state index is -0.0338. The number of nitrogens with one attached hydrogen (secondary N) is 1. The molecule has 0 radical (unpaired) electrons. The molecule has 0 saturated heterocycles. The van der Waals surface area contributed by atoms with Crippen molar-refractivity contribution in [2.75, 3.05) is 11.9 Å². The van der Waals surface area contributed by atoms with Crippen LogP contribution < -0.4 is 10.1 Å². The largest absolute Gasteiger partial charge is 0.494 e. The summed E-state index contributed by atoms with van der Waals surface area (Å²) < 4.78 is 6.46. The fourth-order valence-electron chi connectivity index (χ4n) is 2.58. The van der Waals surface area contributed by atoms with Crippen LogP contribution in [-0.4, -0.2) is 12.5 Å². The maximum absolute atomic E-state index is 12.2. The van der Waals surface area contributed by atoms with E-state index in [9.17, 15) is 4.79 Å². The van der Waals surface area contributed by atoms with Crippen LogP contribution in [0.25, 0.3) is 10.8 Å². The summed E-state index contributed by atoms with van der Waals surface area (Å²) >= 11 is 3.54. The van der Waals surface area contributed by atoms with Crippen molar-refractivity contribution in [1.82, 2.24) is 0 Å². The van der Waals surface area contributed by atoms with Crippen LogP contribution in [0.1, 0.15) is 12.5 Å². The van der Waals surface area contributed by atoms with Gasteiger partial charge < -0.3 is 10.1 Å². The second kappa shape index (κ2) is 7.49. The van der Waals surface area contributed by atoms with E-state index < -0.39 is 0 Å². The van der Waals surface area contributed by atoms with Gasteiger partial charge in [0.15, 0.2) is 0 Å². The predicted octanol–water partition coefficient (Wildman–Crippen LogP) is 5.18. The molecule has 0 aliphatic heterocycles. The molecule has 0 aliphatic carbocycles. The number of benzene rings is 3. The van der Waals surface area contributed by atoms with Crippen molar-refractivity contribution in [2.45, 2.75) is 13.3 Å². The van der Waals surface area contributed by atoms with Crippen LogP contribution in [0.4, 0.5) is 5.69 Å². The fraction of sp³-hybridized carbons (Fsp3) is 0.150. The summed E-state index contributed by atoms with van der Waals surface area (Å²) in [6.45, 7) is 2.58. The first kappa shape index (κ1) is 16.5. The van der Waals surface area contributed by atoms with Crippen molar-refractivity contribution in [1.29, 1.82) is 0 Å². The van der Waals surface area contributed by atoms with Crippen LogP contribution in [0.3, 0.4) is 0 Å². The van der Waals surface area contributed by atoms with Crippen LogP contribution in [-0.2, 0) is 11.2 Å². The first-order valence-electron chi connectivity index (χ1n) is 7.85. The van der Waals surface area contributed by atoms with Crippen molar-refractivity contribution >= 4 is 38.3 Å². The zero-order valence-corrected chi connectivity index (χ0v) is 15.0. The zero-order chi connectivity index (χ0) is 16.9. The molecule has 3 aromatic carbocycles. The van der Waals surface area contributed by atoms with Gasteiger partial charge in [-0.15, -0.1) is 0 Å². The molecule has 122 valence electrons. The predicted molar refractivity (Wildman–Crippen MR) is 102 cm³/mol. The number of hydrogen-bond acceptors (Lipinski definition) is 2. The van der Waals surface area contributed by atoms with E-state index in [1.165, 1.54) is 0 Å². The Morgan fingerprint density at radius 2 is 1.88 bits per heavy atom. The molecule has 0 atom stereocenters. The van der Waals surface area contributed by atoms with E-state index in [0.717, 1.165) is 32.2 Å². The van der Waals surface area contributed by atoms with E-state index in [0.29, 0.717) is 13.0 Å². The molecule has 0 aliphatic rings. The minimum absolute atomic E-state index is 0.0338. The lowest BCUT2D eigenvalue weighted by Gasteiger charge is -2.08. The standard InChI is InChI=1S/C20H18BrNO2/c1-2-24-17-9-6-14(7-10-17)12-20(23)22-16-8-11-18-15(13-16)4-3-5-19(18)21/h3-11,13H,2,12H2,1H3,(H,22,23). The molecule has 1 N–H and O–H groups in total. The Kier molecular flexibility index (Phi) is 5.16. The maximum atomic E-state index is 12.2. The number of fused-ring (bicyclic) bond motifs is 1. The Bertz CT molecular complexity index is 859. The third-order valence-electron chi connectivity index (χ3n) is 3.71. The number of hydrogen-bond donors (Lipinski definition) is 1. The number of halogens is 1. The van der Waals surface area contributed by atoms with E-state index in [1.54, 1.807) is 0 Å². The maximum Gasteiger partial charge on any atom is 0.228 e. The fourth-order valence-corrected chi connectivity index (χ4v) is 3.10. The van der Waals surface area contributed by atoms with Crippen LogP contribution in [0, 0.1) is 0 Å². The van der Waals surface area contributed by atoms with Crippen molar-refractivity contribution in [3.8, 4) is 5.75 Å². The zero-order valence-electron chi connectivity index (χ0n) is 13.4. The molecule has 0 aromatic heterocycles. The van der Waals surface area contributed by atoms with Crippen LogP contribution in [0.5, 0.6) is 5.75 Å². The average Bonchev–Trinajstić information content (AvgIpc) is 2.57. The summed E-state index contributed by atoms with van der Waals surface area (Å²) in [6, 6.07) is 19.5. The van der Waals surface area contributed by atoms with Crippen LogP contribution in [0.2, 0.25) is 0 Å². The van der Waals surface area contributed by atoms with Crippen LogP contribution >= 0.6 is 15.9 Å². The van der Waals surface area contributed by atoms with Crippen molar-refractivity contribution in [3.05, 3.63) is 70.7 Å². The molecule has 0 heterocycles. The Morgan fingerprint density at radius 1 is 1.08 bits per heavy atom. The van der Waals surface area contributed by atoms with E-state index in [1.807, 2.05) is 67.6 Å².